The average molecular weight is 318 g/mol. The maximum Gasteiger partial charge on any atom is 0.256 e. The molecule has 126 valence electrons. The minimum Gasteiger partial charge on any atom is -0.381 e. The largest absolute Gasteiger partial charge is 0.381 e. The highest BCUT2D eigenvalue weighted by molar-refractivity contribution is 5.82. The second kappa shape index (κ2) is 7.90. The lowest BCUT2D eigenvalue weighted by Gasteiger charge is -2.37. The maximum absolute atomic E-state index is 12.7. The van der Waals surface area contributed by atoms with Crippen LogP contribution in [-0.4, -0.2) is 68.8 Å². The van der Waals surface area contributed by atoms with Crippen molar-refractivity contribution in [2.45, 2.75) is 12.5 Å². The van der Waals surface area contributed by atoms with Gasteiger partial charge in [-0.2, -0.15) is 0 Å². The van der Waals surface area contributed by atoms with Crippen LogP contribution in [-0.2, 0) is 14.3 Å². The molecule has 5 heteroatoms. The molecule has 0 bridgehead atoms. The number of carbonyl (C=O) groups excluding carboxylic acids is 1. The lowest BCUT2D eigenvalue weighted by atomic mass is 10.1. The number of ether oxygens (including phenoxy) is 2. The molecule has 0 radical (unpaired) electrons. The molecule has 2 aliphatic rings. The van der Waals surface area contributed by atoms with Gasteiger partial charge in [-0.1, -0.05) is 30.3 Å². The Morgan fingerprint density at radius 1 is 1.26 bits per heavy atom. The fraction of sp³-hybridized carbons (Fsp3) is 0.611. The number of nitrogens with zero attached hydrogens (tertiary/aromatic N) is 2. The Bertz CT molecular complexity index is 494. The Balaban J connectivity index is 1.52. The molecule has 0 spiro atoms. The van der Waals surface area contributed by atoms with Crippen LogP contribution in [0.4, 0.5) is 0 Å². The number of benzene rings is 1. The van der Waals surface area contributed by atoms with Crippen LogP contribution in [0.3, 0.4) is 0 Å². The molecule has 1 aromatic rings. The molecule has 1 aromatic carbocycles. The topological polar surface area (TPSA) is 42.0 Å². The molecule has 2 atom stereocenters. The van der Waals surface area contributed by atoms with Crippen molar-refractivity contribution in [1.82, 2.24) is 9.80 Å². The van der Waals surface area contributed by atoms with Gasteiger partial charge in [0.1, 0.15) is 0 Å². The summed E-state index contributed by atoms with van der Waals surface area (Å²) >= 11 is 0. The maximum atomic E-state index is 12.7. The van der Waals surface area contributed by atoms with E-state index in [2.05, 4.69) is 4.90 Å². The van der Waals surface area contributed by atoms with E-state index in [9.17, 15) is 4.79 Å². The second-order valence-corrected chi connectivity index (χ2v) is 6.38. The van der Waals surface area contributed by atoms with Gasteiger partial charge < -0.3 is 14.4 Å². The third kappa shape index (κ3) is 4.10. The summed E-state index contributed by atoms with van der Waals surface area (Å²) in [4.78, 5) is 17.1. The van der Waals surface area contributed by atoms with Gasteiger partial charge >= 0.3 is 0 Å². The molecule has 5 nitrogen and oxygen atoms in total. The fourth-order valence-electron chi connectivity index (χ4n) is 3.42. The standard InChI is InChI=1S/C18H26N2O3/c1-22-17(16-5-3-2-4-6-16)18(21)20-10-8-19(9-11-20)13-15-7-12-23-14-15/h2-6,15,17H,7-14H2,1H3/t15?,17-/m1/s1. The van der Waals surface area contributed by atoms with Gasteiger partial charge in [-0.15, -0.1) is 0 Å². The van der Waals surface area contributed by atoms with Gasteiger partial charge in [0.05, 0.1) is 6.61 Å². The minimum atomic E-state index is -0.494. The molecule has 0 aromatic heterocycles. The summed E-state index contributed by atoms with van der Waals surface area (Å²) in [6, 6.07) is 9.73. The zero-order valence-corrected chi connectivity index (χ0v) is 13.8. The van der Waals surface area contributed by atoms with Gasteiger partial charge in [0.25, 0.3) is 5.91 Å². The van der Waals surface area contributed by atoms with Gasteiger partial charge in [0.2, 0.25) is 0 Å². The molecule has 3 rings (SSSR count). The van der Waals surface area contributed by atoms with E-state index in [-0.39, 0.29) is 5.91 Å². The highest BCUT2D eigenvalue weighted by Crippen LogP contribution is 2.21. The van der Waals surface area contributed by atoms with Crippen molar-refractivity contribution >= 4 is 5.91 Å². The summed E-state index contributed by atoms with van der Waals surface area (Å²) < 4.78 is 10.9. The van der Waals surface area contributed by atoms with Crippen LogP contribution >= 0.6 is 0 Å². The van der Waals surface area contributed by atoms with E-state index in [0.717, 1.165) is 51.5 Å². The van der Waals surface area contributed by atoms with Crippen LogP contribution in [0.2, 0.25) is 0 Å². The SMILES string of the molecule is CO[C@@H](C(=O)N1CCN(CC2CCOC2)CC1)c1ccccc1. The number of methoxy groups -OCH3 is 1. The summed E-state index contributed by atoms with van der Waals surface area (Å²) in [6.45, 7) is 6.31. The van der Waals surface area contributed by atoms with E-state index in [1.165, 1.54) is 6.42 Å². The second-order valence-electron chi connectivity index (χ2n) is 6.38. The molecule has 2 heterocycles. The van der Waals surface area contributed by atoms with Crippen molar-refractivity contribution in [2.24, 2.45) is 5.92 Å². The molecule has 2 fully saturated rings. The van der Waals surface area contributed by atoms with Crippen LogP contribution in [0, 0.1) is 5.92 Å². The van der Waals surface area contributed by atoms with Crippen molar-refractivity contribution in [3.8, 4) is 0 Å². The highest BCUT2D eigenvalue weighted by atomic mass is 16.5. The number of hydrogen-bond donors (Lipinski definition) is 0. The predicted molar refractivity (Wildman–Crippen MR) is 88.1 cm³/mol. The predicted octanol–water partition coefficient (Wildman–Crippen LogP) is 1.55. The van der Waals surface area contributed by atoms with Gasteiger partial charge in [-0.05, 0) is 17.9 Å². The van der Waals surface area contributed by atoms with Gasteiger partial charge in [0.15, 0.2) is 6.10 Å². The number of carbonyl (C=O) groups is 1. The van der Waals surface area contributed by atoms with E-state index in [1.807, 2.05) is 35.2 Å². The molecule has 0 aliphatic carbocycles. The minimum absolute atomic E-state index is 0.0718. The first-order chi connectivity index (χ1) is 11.3. The van der Waals surface area contributed by atoms with Crippen molar-refractivity contribution < 1.29 is 14.3 Å². The molecular formula is C18H26N2O3. The number of hydrogen-bond acceptors (Lipinski definition) is 4. The average Bonchev–Trinajstić information content (AvgIpc) is 3.10. The molecule has 23 heavy (non-hydrogen) atoms. The van der Waals surface area contributed by atoms with Gasteiger partial charge in [0, 0.05) is 46.4 Å². The first kappa shape index (κ1) is 16.4. The van der Waals surface area contributed by atoms with Crippen LogP contribution in [0.1, 0.15) is 18.1 Å². The lowest BCUT2D eigenvalue weighted by Crippen LogP contribution is -2.51. The normalized spacial score (nSPS) is 23.9. The summed E-state index contributed by atoms with van der Waals surface area (Å²) in [5.74, 6) is 0.732. The lowest BCUT2D eigenvalue weighted by molar-refractivity contribution is -0.144. The number of amides is 1. The van der Waals surface area contributed by atoms with Crippen molar-refractivity contribution in [1.29, 1.82) is 0 Å². The molecular weight excluding hydrogens is 292 g/mol. The summed E-state index contributed by atoms with van der Waals surface area (Å²) in [5, 5.41) is 0. The van der Waals surface area contributed by atoms with Crippen molar-refractivity contribution in [3.05, 3.63) is 35.9 Å². The summed E-state index contributed by atoms with van der Waals surface area (Å²) in [6.07, 6.45) is 0.671. The van der Waals surface area contributed by atoms with Gasteiger partial charge in [-0.3, -0.25) is 9.69 Å². The Hall–Kier alpha value is -1.43. The summed E-state index contributed by atoms with van der Waals surface area (Å²) in [5.41, 5.74) is 0.922. The molecule has 0 saturated carbocycles. The molecule has 2 aliphatic heterocycles. The van der Waals surface area contributed by atoms with E-state index >= 15 is 0 Å². The van der Waals surface area contributed by atoms with Gasteiger partial charge in [-0.25, -0.2) is 0 Å². The molecule has 1 unspecified atom stereocenters. The van der Waals surface area contributed by atoms with Crippen molar-refractivity contribution in [3.63, 3.8) is 0 Å². The Morgan fingerprint density at radius 3 is 2.61 bits per heavy atom. The Morgan fingerprint density at radius 2 is 2.00 bits per heavy atom. The zero-order valence-electron chi connectivity index (χ0n) is 13.8. The quantitative estimate of drug-likeness (QED) is 0.826. The van der Waals surface area contributed by atoms with E-state index in [4.69, 9.17) is 9.47 Å². The van der Waals surface area contributed by atoms with E-state index in [1.54, 1.807) is 7.11 Å². The fourth-order valence-corrected chi connectivity index (χ4v) is 3.42. The Labute approximate surface area is 138 Å². The summed E-state index contributed by atoms with van der Waals surface area (Å²) in [7, 11) is 1.60. The van der Waals surface area contributed by atoms with Crippen LogP contribution < -0.4 is 0 Å². The highest BCUT2D eigenvalue weighted by Gasteiger charge is 2.29. The van der Waals surface area contributed by atoms with Crippen LogP contribution in [0.5, 0.6) is 0 Å². The third-order valence-electron chi connectivity index (χ3n) is 4.79. The van der Waals surface area contributed by atoms with E-state index < -0.39 is 6.10 Å². The molecule has 0 N–H and O–H groups in total. The number of rotatable bonds is 5. The van der Waals surface area contributed by atoms with Crippen LogP contribution in [0.15, 0.2) is 30.3 Å². The van der Waals surface area contributed by atoms with Crippen molar-refractivity contribution in [2.75, 3.05) is 53.0 Å². The Kier molecular flexibility index (Phi) is 5.65. The monoisotopic (exact) mass is 318 g/mol. The molecule has 1 amide bonds. The van der Waals surface area contributed by atoms with Crippen LogP contribution in [0.25, 0.3) is 0 Å². The first-order valence-electron chi connectivity index (χ1n) is 8.44. The zero-order chi connectivity index (χ0) is 16.1. The smallest absolute Gasteiger partial charge is 0.256 e. The number of piperazine rings is 1. The first-order valence-corrected chi connectivity index (χ1v) is 8.44. The third-order valence-corrected chi connectivity index (χ3v) is 4.79. The van der Waals surface area contributed by atoms with E-state index in [0.29, 0.717) is 5.92 Å². The molecule has 2 saturated heterocycles.